The Labute approximate surface area is 89.6 Å². The molecule has 5 nitrogen and oxygen atoms in total. The molecular weight excluding hydrogens is 250 g/mol. The highest BCUT2D eigenvalue weighted by atomic mass is 79.9. The number of carbonyl (C=O) groups is 1. The van der Waals surface area contributed by atoms with E-state index in [1.165, 1.54) is 0 Å². The van der Waals surface area contributed by atoms with Crippen LogP contribution in [0, 0.1) is 6.92 Å². The minimum Gasteiger partial charge on any atom is -0.337 e. The number of carbonyl (C=O) groups excluding carboxylic acids is 1. The van der Waals surface area contributed by atoms with Crippen LogP contribution in [0.1, 0.15) is 18.1 Å². The molecule has 0 radical (unpaired) electrons. The van der Waals surface area contributed by atoms with Crippen LogP contribution in [0.15, 0.2) is 4.52 Å². The van der Waals surface area contributed by atoms with Gasteiger partial charge in [0.25, 0.3) is 0 Å². The Morgan fingerprint density at radius 2 is 2.50 bits per heavy atom. The molecule has 1 saturated heterocycles. The Balaban J connectivity index is 2.02. The van der Waals surface area contributed by atoms with Crippen LogP contribution in [0.25, 0.3) is 0 Å². The highest BCUT2D eigenvalue weighted by Gasteiger charge is 2.30. The monoisotopic (exact) mass is 259 g/mol. The quantitative estimate of drug-likeness (QED) is 0.740. The number of nitrogens with zero attached hydrogens (tertiary/aromatic N) is 3. The summed E-state index contributed by atoms with van der Waals surface area (Å²) in [5, 5.41) is 3.67. The SMILES string of the molecule is Cc1noc(CN2CCC(Br)C2=O)n1. The normalized spacial score (nSPS) is 22.0. The van der Waals surface area contributed by atoms with Gasteiger partial charge in [0.05, 0.1) is 4.83 Å². The van der Waals surface area contributed by atoms with E-state index < -0.39 is 0 Å². The number of halogens is 1. The molecule has 1 fully saturated rings. The van der Waals surface area contributed by atoms with E-state index in [4.69, 9.17) is 4.52 Å². The summed E-state index contributed by atoms with van der Waals surface area (Å²) in [4.78, 5) is 17.2. The fourth-order valence-electron chi connectivity index (χ4n) is 1.43. The van der Waals surface area contributed by atoms with Gasteiger partial charge >= 0.3 is 0 Å². The predicted octanol–water partition coefficient (Wildman–Crippen LogP) is 0.874. The van der Waals surface area contributed by atoms with Crippen molar-refractivity contribution in [1.29, 1.82) is 0 Å². The van der Waals surface area contributed by atoms with Crippen molar-refractivity contribution in [3.63, 3.8) is 0 Å². The van der Waals surface area contributed by atoms with Crippen molar-refractivity contribution < 1.29 is 9.32 Å². The van der Waals surface area contributed by atoms with Gasteiger partial charge in [-0.25, -0.2) is 0 Å². The van der Waals surface area contributed by atoms with Crippen molar-refractivity contribution in [2.75, 3.05) is 6.54 Å². The molecule has 14 heavy (non-hydrogen) atoms. The maximum atomic E-state index is 11.5. The third-order valence-electron chi connectivity index (χ3n) is 2.13. The smallest absolute Gasteiger partial charge is 0.246 e. The van der Waals surface area contributed by atoms with Gasteiger partial charge < -0.3 is 9.42 Å². The van der Waals surface area contributed by atoms with E-state index in [0.717, 1.165) is 13.0 Å². The number of hydrogen-bond donors (Lipinski definition) is 0. The number of hydrogen-bond acceptors (Lipinski definition) is 4. The van der Waals surface area contributed by atoms with Gasteiger partial charge in [0, 0.05) is 6.54 Å². The number of likely N-dealkylation sites (tertiary alicyclic amines) is 1. The van der Waals surface area contributed by atoms with Crippen molar-refractivity contribution in [3.8, 4) is 0 Å². The third-order valence-corrected chi connectivity index (χ3v) is 2.98. The first-order valence-electron chi connectivity index (χ1n) is 4.39. The van der Waals surface area contributed by atoms with Gasteiger partial charge in [-0.15, -0.1) is 0 Å². The van der Waals surface area contributed by atoms with Crippen LogP contribution in [0.4, 0.5) is 0 Å². The van der Waals surface area contributed by atoms with Crippen molar-refractivity contribution in [1.82, 2.24) is 15.0 Å². The van der Waals surface area contributed by atoms with E-state index >= 15 is 0 Å². The van der Waals surface area contributed by atoms with Crippen LogP contribution in [0.5, 0.6) is 0 Å². The average molecular weight is 260 g/mol. The van der Waals surface area contributed by atoms with Gasteiger partial charge in [0.15, 0.2) is 5.82 Å². The highest BCUT2D eigenvalue weighted by Crippen LogP contribution is 2.19. The van der Waals surface area contributed by atoms with Crippen LogP contribution in [-0.4, -0.2) is 32.3 Å². The van der Waals surface area contributed by atoms with Crippen molar-refractivity contribution in [2.45, 2.75) is 24.7 Å². The summed E-state index contributed by atoms with van der Waals surface area (Å²) in [6, 6.07) is 0. The Bertz CT molecular complexity index is 352. The molecule has 0 spiro atoms. The third kappa shape index (κ3) is 1.79. The van der Waals surface area contributed by atoms with Crippen LogP contribution < -0.4 is 0 Å². The number of aromatic nitrogens is 2. The maximum Gasteiger partial charge on any atom is 0.246 e. The minimum absolute atomic E-state index is 0.0495. The molecule has 6 heteroatoms. The molecule has 1 aromatic heterocycles. The van der Waals surface area contributed by atoms with Crippen molar-refractivity contribution >= 4 is 21.8 Å². The highest BCUT2D eigenvalue weighted by molar-refractivity contribution is 9.10. The van der Waals surface area contributed by atoms with E-state index in [2.05, 4.69) is 26.1 Å². The molecule has 0 saturated carbocycles. The Morgan fingerprint density at radius 1 is 1.71 bits per heavy atom. The summed E-state index contributed by atoms with van der Waals surface area (Å²) in [7, 11) is 0. The van der Waals surface area contributed by atoms with Crippen molar-refractivity contribution in [3.05, 3.63) is 11.7 Å². The molecule has 0 aliphatic carbocycles. The number of aryl methyl sites for hydroxylation is 1. The van der Waals surface area contributed by atoms with Crippen LogP contribution >= 0.6 is 15.9 Å². The fourth-order valence-corrected chi connectivity index (χ4v) is 1.92. The maximum absolute atomic E-state index is 11.5. The lowest BCUT2D eigenvalue weighted by molar-refractivity contribution is -0.127. The summed E-state index contributed by atoms with van der Waals surface area (Å²) in [6.45, 7) is 2.92. The van der Waals surface area contributed by atoms with E-state index in [9.17, 15) is 4.79 Å². The van der Waals surface area contributed by atoms with Crippen LogP contribution in [0.2, 0.25) is 0 Å². The van der Waals surface area contributed by atoms with Gasteiger partial charge in [-0.2, -0.15) is 4.98 Å². The number of amides is 1. The molecule has 2 heterocycles. The molecule has 0 aromatic carbocycles. The zero-order valence-corrected chi connectivity index (χ0v) is 9.32. The number of rotatable bonds is 2. The van der Waals surface area contributed by atoms with E-state index in [-0.39, 0.29) is 10.7 Å². The first-order valence-corrected chi connectivity index (χ1v) is 5.30. The molecule has 2 rings (SSSR count). The lowest BCUT2D eigenvalue weighted by Crippen LogP contribution is -2.27. The van der Waals surface area contributed by atoms with Gasteiger partial charge in [0.2, 0.25) is 11.8 Å². The summed E-state index contributed by atoms with van der Waals surface area (Å²) >= 11 is 3.30. The fraction of sp³-hybridized carbons (Fsp3) is 0.625. The molecule has 0 N–H and O–H groups in total. The molecule has 1 aliphatic heterocycles. The topological polar surface area (TPSA) is 59.2 Å². The van der Waals surface area contributed by atoms with Gasteiger partial charge in [0.1, 0.15) is 6.54 Å². The van der Waals surface area contributed by atoms with Gasteiger partial charge in [-0.3, -0.25) is 4.79 Å². The Hall–Kier alpha value is -0.910. The molecule has 0 bridgehead atoms. The Morgan fingerprint density at radius 3 is 3.00 bits per heavy atom. The second-order valence-electron chi connectivity index (χ2n) is 3.25. The van der Waals surface area contributed by atoms with E-state index in [1.54, 1.807) is 11.8 Å². The minimum atomic E-state index is -0.0495. The zero-order chi connectivity index (χ0) is 10.1. The second kappa shape index (κ2) is 3.68. The van der Waals surface area contributed by atoms with Gasteiger partial charge in [-0.1, -0.05) is 21.1 Å². The Kier molecular flexibility index (Phi) is 2.54. The van der Waals surface area contributed by atoms with Gasteiger partial charge in [-0.05, 0) is 13.3 Å². The molecule has 1 unspecified atom stereocenters. The zero-order valence-electron chi connectivity index (χ0n) is 7.73. The van der Waals surface area contributed by atoms with E-state index in [0.29, 0.717) is 18.3 Å². The number of alkyl halides is 1. The molecular formula is C8H10BrN3O2. The first kappa shape index (κ1) is 9.64. The molecule has 1 aromatic rings. The summed E-state index contributed by atoms with van der Waals surface area (Å²) < 4.78 is 4.94. The lowest BCUT2D eigenvalue weighted by atomic mass is 10.4. The second-order valence-corrected chi connectivity index (χ2v) is 4.36. The summed E-state index contributed by atoms with van der Waals surface area (Å²) in [5.41, 5.74) is 0. The molecule has 76 valence electrons. The van der Waals surface area contributed by atoms with Crippen LogP contribution in [-0.2, 0) is 11.3 Å². The standard InChI is InChI=1S/C8H10BrN3O2/c1-5-10-7(14-11-5)4-12-3-2-6(9)8(12)13/h6H,2-4H2,1H3. The lowest BCUT2D eigenvalue weighted by Gasteiger charge is -2.11. The first-order chi connectivity index (χ1) is 6.66. The van der Waals surface area contributed by atoms with Crippen LogP contribution in [0.3, 0.4) is 0 Å². The largest absolute Gasteiger partial charge is 0.337 e. The average Bonchev–Trinajstić information content (AvgIpc) is 2.67. The predicted molar refractivity (Wildman–Crippen MR) is 51.8 cm³/mol. The molecule has 1 aliphatic rings. The van der Waals surface area contributed by atoms with Crippen molar-refractivity contribution in [2.24, 2.45) is 0 Å². The molecule has 1 amide bonds. The van der Waals surface area contributed by atoms with E-state index in [1.807, 2.05) is 0 Å². The summed E-state index contributed by atoms with van der Waals surface area (Å²) in [6.07, 6.45) is 0.839. The molecule has 1 atom stereocenters. The summed E-state index contributed by atoms with van der Waals surface area (Å²) in [5.74, 6) is 1.19.